The van der Waals surface area contributed by atoms with Gasteiger partial charge < -0.3 is 5.73 Å². The lowest BCUT2D eigenvalue weighted by Gasteiger charge is -2.20. The molecule has 2 rings (SSSR count). The van der Waals surface area contributed by atoms with Crippen molar-refractivity contribution in [3.05, 3.63) is 29.8 Å². The van der Waals surface area contributed by atoms with Gasteiger partial charge in [0, 0.05) is 5.75 Å². The Morgan fingerprint density at radius 2 is 1.86 bits per heavy atom. The van der Waals surface area contributed by atoms with Crippen molar-refractivity contribution in [3.63, 3.8) is 0 Å². The van der Waals surface area contributed by atoms with Gasteiger partial charge in [-0.2, -0.15) is 13.2 Å². The number of alkyl halides is 3. The Hall–Kier alpha value is -1.17. The van der Waals surface area contributed by atoms with E-state index in [2.05, 4.69) is 4.99 Å². The molecule has 0 bridgehead atoms. The summed E-state index contributed by atoms with van der Waals surface area (Å²) >= 11 is 1.36. The molecule has 0 amide bonds. The normalized spacial score (nSPS) is 18.0. The lowest BCUT2D eigenvalue weighted by molar-refractivity contribution is -0.137. The van der Waals surface area contributed by atoms with Crippen LogP contribution in [0.1, 0.15) is 37.7 Å². The highest BCUT2D eigenvalue weighted by Crippen LogP contribution is 2.36. The van der Waals surface area contributed by atoms with Crippen LogP contribution >= 0.6 is 11.8 Å². The van der Waals surface area contributed by atoms with Crippen LogP contribution in [-0.2, 0) is 6.18 Å². The zero-order valence-corrected chi connectivity index (χ0v) is 12.5. The summed E-state index contributed by atoms with van der Waals surface area (Å²) in [5.41, 5.74) is 4.92. The molecule has 0 unspecified atom stereocenters. The first-order chi connectivity index (χ1) is 9.97. The molecule has 1 fully saturated rings. The topological polar surface area (TPSA) is 38.4 Å². The van der Waals surface area contributed by atoms with Crippen molar-refractivity contribution in [2.24, 2.45) is 16.6 Å². The highest BCUT2D eigenvalue weighted by atomic mass is 32.2. The van der Waals surface area contributed by atoms with Crippen molar-refractivity contribution in [2.45, 2.75) is 38.3 Å². The third-order valence-electron chi connectivity index (χ3n) is 3.63. The Morgan fingerprint density at radius 3 is 2.52 bits per heavy atom. The number of para-hydroxylation sites is 1. The molecule has 2 nitrogen and oxygen atoms in total. The summed E-state index contributed by atoms with van der Waals surface area (Å²) in [6.45, 7) is 0. The lowest BCUT2D eigenvalue weighted by atomic mass is 9.91. The van der Waals surface area contributed by atoms with Gasteiger partial charge in [0.1, 0.15) is 0 Å². The first-order valence-corrected chi connectivity index (χ1v) is 8.08. The molecule has 116 valence electrons. The molecular formula is C15H19F3N2S. The number of benzene rings is 1. The summed E-state index contributed by atoms with van der Waals surface area (Å²) < 4.78 is 38.6. The van der Waals surface area contributed by atoms with Gasteiger partial charge in [0.05, 0.1) is 11.3 Å². The van der Waals surface area contributed by atoms with Gasteiger partial charge in [0.15, 0.2) is 5.17 Å². The summed E-state index contributed by atoms with van der Waals surface area (Å²) in [6, 6.07) is 5.26. The van der Waals surface area contributed by atoms with Crippen LogP contribution in [0.15, 0.2) is 29.3 Å². The first kappa shape index (κ1) is 16.2. The standard InChI is InChI=1S/C15H19F3N2S/c16-15(17,18)12-8-4-5-9-13(12)20-14(19)21-10-11-6-2-1-3-7-11/h4-5,8-9,11H,1-3,6-7,10H2,(H2,19,20). The second kappa shape index (κ2) is 7.20. The molecule has 1 aromatic carbocycles. The number of nitrogens with two attached hydrogens (primary N) is 1. The molecule has 6 heteroatoms. The molecule has 0 heterocycles. The van der Waals surface area contributed by atoms with E-state index in [0.29, 0.717) is 5.92 Å². The average Bonchev–Trinajstić information content (AvgIpc) is 2.46. The highest BCUT2D eigenvalue weighted by molar-refractivity contribution is 8.13. The first-order valence-electron chi connectivity index (χ1n) is 7.10. The molecule has 0 atom stereocenters. The minimum Gasteiger partial charge on any atom is -0.378 e. The number of thioether (sulfide) groups is 1. The monoisotopic (exact) mass is 316 g/mol. The van der Waals surface area contributed by atoms with E-state index in [0.717, 1.165) is 11.8 Å². The van der Waals surface area contributed by atoms with Gasteiger partial charge in [-0.1, -0.05) is 43.2 Å². The number of amidine groups is 1. The lowest BCUT2D eigenvalue weighted by Crippen LogP contribution is -2.14. The Balaban J connectivity index is 2.01. The van der Waals surface area contributed by atoms with E-state index in [-0.39, 0.29) is 10.9 Å². The Labute approximate surface area is 127 Å². The second-order valence-electron chi connectivity index (χ2n) is 5.28. The number of hydrogen-bond donors (Lipinski definition) is 1. The number of aliphatic imine (C=N–C) groups is 1. The predicted octanol–water partition coefficient (Wildman–Crippen LogP) is 4.97. The molecule has 1 aliphatic rings. The predicted molar refractivity (Wildman–Crippen MR) is 81.8 cm³/mol. The zero-order valence-electron chi connectivity index (χ0n) is 11.7. The number of nitrogens with zero attached hydrogens (tertiary/aromatic N) is 1. The fourth-order valence-electron chi connectivity index (χ4n) is 2.52. The van der Waals surface area contributed by atoms with Crippen LogP contribution in [0.4, 0.5) is 18.9 Å². The third-order valence-corrected chi connectivity index (χ3v) is 4.66. The number of halogens is 3. The van der Waals surface area contributed by atoms with Crippen LogP contribution in [0.2, 0.25) is 0 Å². The summed E-state index contributed by atoms with van der Waals surface area (Å²) in [4.78, 5) is 3.95. The second-order valence-corrected chi connectivity index (χ2v) is 6.32. The SMILES string of the molecule is NC(=Nc1ccccc1C(F)(F)F)SCC1CCCCC1. The van der Waals surface area contributed by atoms with E-state index in [1.165, 1.54) is 62.1 Å². The quantitative estimate of drug-likeness (QED) is 0.632. The van der Waals surface area contributed by atoms with Gasteiger partial charge in [-0.05, 0) is 30.9 Å². The summed E-state index contributed by atoms with van der Waals surface area (Å²) in [5, 5.41) is 0.206. The van der Waals surface area contributed by atoms with E-state index >= 15 is 0 Å². The fourth-order valence-corrected chi connectivity index (χ4v) is 3.42. The largest absolute Gasteiger partial charge is 0.418 e. The van der Waals surface area contributed by atoms with E-state index in [1.807, 2.05) is 0 Å². The molecule has 1 aliphatic carbocycles. The van der Waals surface area contributed by atoms with Crippen molar-refractivity contribution in [2.75, 3.05) is 5.75 Å². The average molecular weight is 316 g/mol. The van der Waals surface area contributed by atoms with Gasteiger partial charge in [0.25, 0.3) is 0 Å². The molecule has 0 aromatic heterocycles. The van der Waals surface area contributed by atoms with Gasteiger partial charge in [-0.25, -0.2) is 4.99 Å². The van der Waals surface area contributed by atoms with Crippen molar-refractivity contribution < 1.29 is 13.2 Å². The maximum atomic E-state index is 12.9. The maximum absolute atomic E-state index is 12.9. The minimum absolute atomic E-state index is 0.112. The Morgan fingerprint density at radius 1 is 1.19 bits per heavy atom. The van der Waals surface area contributed by atoms with Crippen LogP contribution in [-0.4, -0.2) is 10.9 Å². The van der Waals surface area contributed by atoms with E-state index in [1.54, 1.807) is 0 Å². The van der Waals surface area contributed by atoms with Gasteiger partial charge in [0.2, 0.25) is 0 Å². The van der Waals surface area contributed by atoms with Crippen molar-refractivity contribution in [1.29, 1.82) is 0 Å². The summed E-state index contributed by atoms with van der Waals surface area (Å²) in [5.74, 6) is 1.44. The van der Waals surface area contributed by atoms with Gasteiger partial charge >= 0.3 is 6.18 Å². The third kappa shape index (κ3) is 4.95. The van der Waals surface area contributed by atoms with Crippen LogP contribution in [0.3, 0.4) is 0 Å². The van der Waals surface area contributed by atoms with Crippen molar-refractivity contribution >= 4 is 22.6 Å². The highest BCUT2D eigenvalue weighted by Gasteiger charge is 2.33. The van der Waals surface area contributed by atoms with E-state index < -0.39 is 11.7 Å². The van der Waals surface area contributed by atoms with Gasteiger partial charge in [-0.3, -0.25) is 0 Å². The summed E-state index contributed by atoms with van der Waals surface area (Å²) in [7, 11) is 0. The molecule has 0 spiro atoms. The fraction of sp³-hybridized carbons (Fsp3) is 0.533. The van der Waals surface area contributed by atoms with Crippen LogP contribution in [0.5, 0.6) is 0 Å². The molecule has 2 N–H and O–H groups in total. The Kier molecular flexibility index (Phi) is 5.56. The van der Waals surface area contributed by atoms with Crippen molar-refractivity contribution in [1.82, 2.24) is 0 Å². The van der Waals surface area contributed by atoms with E-state index in [4.69, 9.17) is 5.73 Å². The number of rotatable bonds is 3. The maximum Gasteiger partial charge on any atom is 0.418 e. The molecule has 0 saturated heterocycles. The van der Waals surface area contributed by atoms with Crippen molar-refractivity contribution in [3.8, 4) is 0 Å². The minimum atomic E-state index is -4.41. The summed E-state index contributed by atoms with van der Waals surface area (Å²) in [6.07, 6.45) is 1.70. The number of hydrogen-bond acceptors (Lipinski definition) is 2. The molecule has 21 heavy (non-hydrogen) atoms. The molecule has 0 radical (unpaired) electrons. The molecule has 1 aromatic rings. The molecule has 0 aliphatic heterocycles. The van der Waals surface area contributed by atoms with E-state index in [9.17, 15) is 13.2 Å². The Bertz CT molecular complexity index is 494. The molecule has 1 saturated carbocycles. The van der Waals surface area contributed by atoms with Gasteiger partial charge in [-0.15, -0.1) is 0 Å². The molecular weight excluding hydrogens is 297 g/mol. The smallest absolute Gasteiger partial charge is 0.378 e. The van der Waals surface area contributed by atoms with Crippen LogP contribution < -0.4 is 5.73 Å². The van der Waals surface area contributed by atoms with Crippen LogP contribution in [0.25, 0.3) is 0 Å². The van der Waals surface area contributed by atoms with Crippen LogP contribution in [0, 0.1) is 5.92 Å². The zero-order chi connectivity index (χ0) is 15.3.